The molecule has 0 aliphatic carbocycles. The zero-order valence-electron chi connectivity index (χ0n) is 3.81. The molecule has 1 heterocycles. The van der Waals surface area contributed by atoms with Crippen LogP contribution in [0, 0.1) is 0 Å². The van der Waals surface area contributed by atoms with Crippen molar-refractivity contribution in [2.45, 2.75) is 25.2 Å². The Labute approximate surface area is 42.3 Å². The van der Waals surface area contributed by atoms with E-state index < -0.39 is 0 Å². The molecule has 0 bridgehead atoms. The maximum Gasteiger partial charge on any atom is 0.143 e. The van der Waals surface area contributed by atoms with E-state index in [1.54, 1.807) is 12.0 Å². The van der Waals surface area contributed by atoms with Gasteiger partial charge in [0, 0.05) is 12.0 Å². The first kappa shape index (κ1) is 4.47. The third kappa shape index (κ3) is 1.19. The summed E-state index contributed by atoms with van der Waals surface area (Å²) >= 11 is 1.59. The van der Waals surface area contributed by atoms with Crippen molar-refractivity contribution >= 4 is 12.0 Å². The van der Waals surface area contributed by atoms with Gasteiger partial charge in [0.1, 0.15) is 5.44 Å². The zero-order chi connectivity index (χ0) is 4.41. The van der Waals surface area contributed by atoms with E-state index in [4.69, 9.17) is 4.18 Å². The molecule has 0 aromatic rings. The Morgan fingerprint density at radius 1 is 1.83 bits per heavy atom. The highest BCUT2D eigenvalue weighted by Crippen LogP contribution is 2.36. The Morgan fingerprint density at radius 3 is 2.67 bits per heavy atom. The second-order valence-corrected chi connectivity index (χ2v) is 2.32. The van der Waals surface area contributed by atoms with Crippen molar-refractivity contribution in [1.29, 1.82) is 0 Å². The van der Waals surface area contributed by atoms with Crippen molar-refractivity contribution in [2.24, 2.45) is 0 Å². The molecule has 1 nitrogen and oxygen atoms in total. The van der Waals surface area contributed by atoms with Crippen LogP contribution in [0.3, 0.4) is 0 Å². The van der Waals surface area contributed by atoms with Gasteiger partial charge in [-0.3, -0.25) is 4.18 Å². The van der Waals surface area contributed by atoms with Gasteiger partial charge in [-0.1, -0.05) is 13.3 Å². The average molecular weight is 104 g/mol. The Morgan fingerprint density at radius 2 is 2.50 bits per heavy atom. The standard InChI is InChI=1S/C4H8OS/c1-2-3-4-5-6-4/h4H,2-3H2,1H3. The molecule has 0 saturated carbocycles. The third-order valence-corrected chi connectivity index (χ3v) is 1.46. The molecule has 0 N–H and O–H groups in total. The van der Waals surface area contributed by atoms with Gasteiger partial charge in [-0.05, 0) is 6.42 Å². The van der Waals surface area contributed by atoms with Gasteiger partial charge in [0.25, 0.3) is 0 Å². The predicted octanol–water partition coefficient (Wildman–Crippen LogP) is 1.79. The topological polar surface area (TPSA) is 12.5 Å². The summed E-state index contributed by atoms with van der Waals surface area (Å²) in [6.07, 6.45) is 2.47. The second kappa shape index (κ2) is 1.85. The number of hydrogen-bond donors (Lipinski definition) is 0. The van der Waals surface area contributed by atoms with Crippen LogP contribution in [0.15, 0.2) is 0 Å². The SMILES string of the molecule is CCCC1OS1. The van der Waals surface area contributed by atoms with E-state index >= 15 is 0 Å². The quantitative estimate of drug-likeness (QED) is 0.391. The minimum Gasteiger partial charge on any atom is -0.296 e. The Hall–Kier alpha value is 0.310. The van der Waals surface area contributed by atoms with Crippen LogP contribution in [0.5, 0.6) is 0 Å². The smallest absolute Gasteiger partial charge is 0.143 e. The summed E-state index contributed by atoms with van der Waals surface area (Å²) in [7, 11) is 0. The van der Waals surface area contributed by atoms with Gasteiger partial charge in [-0.2, -0.15) is 0 Å². The summed E-state index contributed by atoms with van der Waals surface area (Å²) in [5.74, 6) is 0. The Bertz CT molecular complexity index is 42.8. The Kier molecular flexibility index (Phi) is 1.37. The van der Waals surface area contributed by atoms with E-state index in [1.165, 1.54) is 12.8 Å². The summed E-state index contributed by atoms with van der Waals surface area (Å²) in [5.41, 5.74) is 0.565. The first-order valence-electron chi connectivity index (χ1n) is 2.25. The van der Waals surface area contributed by atoms with Gasteiger partial charge in [0.15, 0.2) is 0 Å². The maximum atomic E-state index is 4.87. The number of hydrogen-bond acceptors (Lipinski definition) is 2. The van der Waals surface area contributed by atoms with Crippen LogP contribution in [0.1, 0.15) is 19.8 Å². The molecular weight excluding hydrogens is 96.1 g/mol. The fraction of sp³-hybridized carbons (Fsp3) is 1.00. The summed E-state index contributed by atoms with van der Waals surface area (Å²) in [6, 6.07) is 0. The minimum absolute atomic E-state index is 0.565. The average Bonchev–Trinajstić information content (AvgIpc) is 2.21. The van der Waals surface area contributed by atoms with Crippen molar-refractivity contribution in [3.8, 4) is 0 Å². The first-order chi connectivity index (χ1) is 2.93. The lowest BCUT2D eigenvalue weighted by Gasteiger charge is -1.77. The minimum atomic E-state index is 0.565. The number of rotatable bonds is 2. The van der Waals surface area contributed by atoms with E-state index in [2.05, 4.69) is 6.92 Å². The zero-order valence-corrected chi connectivity index (χ0v) is 4.62. The Balaban J connectivity index is 1.88. The van der Waals surface area contributed by atoms with Crippen LogP contribution in [-0.2, 0) is 4.18 Å². The fourth-order valence-electron chi connectivity index (χ4n) is 0.371. The summed E-state index contributed by atoms with van der Waals surface area (Å²) in [4.78, 5) is 0. The van der Waals surface area contributed by atoms with Gasteiger partial charge in [0.05, 0.1) is 0 Å². The van der Waals surface area contributed by atoms with Crippen molar-refractivity contribution in [3.63, 3.8) is 0 Å². The van der Waals surface area contributed by atoms with Gasteiger partial charge >= 0.3 is 0 Å². The second-order valence-electron chi connectivity index (χ2n) is 1.41. The van der Waals surface area contributed by atoms with Crippen molar-refractivity contribution < 1.29 is 4.18 Å². The van der Waals surface area contributed by atoms with Crippen molar-refractivity contribution in [2.75, 3.05) is 0 Å². The molecule has 1 aliphatic heterocycles. The fourth-order valence-corrected chi connectivity index (χ4v) is 0.878. The van der Waals surface area contributed by atoms with E-state index in [9.17, 15) is 0 Å². The van der Waals surface area contributed by atoms with E-state index in [0.29, 0.717) is 5.44 Å². The summed E-state index contributed by atoms with van der Waals surface area (Å²) in [6.45, 7) is 2.17. The van der Waals surface area contributed by atoms with Gasteiger partial charge in [-0.25, -0.2) is 0 Å². The van der Waals surface area contributed by atoms with Crippen LogP contribution in [0.2, 0.25) is 0 Å². The van der Waals surface area contributed by atoms with Gasteiger partial charge in [-0.15, -0.1) is 0 Å². The molecule has 0 aromatic carbocycles. The lowest BCUT2D eigenvalue weighted by molar-refractivity contribution is 0.438. The van der Waals surface area contributed by atoms with Crippen LogP contribution in [0.25, 0.3) is 0 Å². The molecule has 6 heavy (non-hydrogen) atoms. The van der Waals surface area contributed by atoms with E-state index in [1.807, 2.05) is 0 Å². The normalized spacial score (nSPS) is 30.5. The predicted molar refractivity (Wildman–Crippen MR) is 27.4 cm³/mol. The molecule has 36 valence electrons. The van der Waals surface area contributed by atoms with Gasteiger partial charge in [0.2, 0.25) is 0 Å². The third-order valence-electron chi connectivity index (χ3n) is 0.757. The van der Waals surface area contributed by atoms with Crippen molar-refractivity contribution in [3.05, 3.63) is 0 Å². The molecular formula is C4H8OS. The first-order valence-corrected chi connectivity index (χ1v) is 3.06. The molecule has 1 saturated heterocycles. The highest BCUT2D eigenvalue weighted by molar-refractivity contribution is 8.00. The largest absolute Gasteiger partial charge is 0.296 e. The highest BCUT2D eigenvalue weighted by atomic mass is 32.2. The molecule has 1 unspecified atom stereocenters. The lowest BCUT2D eigenvalue weighted by atomic mass is 10.4. The summed E-state index contributed by atoms with van der Waals surface area (Å²) < 4.78 is 4.87. The van der Waals surface area contributed by atoms with Crippen LogP contribution in [-0.4, -0.2) is 5.44 Å². The lowest BCUT2D eigenvalue weighted by Crippen LogP contribution is -1.75. The highest BCUT2D eigenvalue weighted by Gasteiger charge is 2.22. The van der Waals surface area contributed by atoms with Crippen molar-refractivity contribution in [1.82, 2.24) is 0 Å². The molecule has 1 fully saturated rings. The van der Waals surface area contributed by atoms with Crippen LogP contribution in [0.4, 0.5) is 0 Å². The van der Waals surface area contributed by atoms with E-state index in [-0.39, 0.29) is 0 Å². The molecule has 0 spiro atoms. The maximum absolute atomic E-state index is 4.87. The summed E-state index contributed by atoms with van der Waals surface area (Å²) in [5, 5.41) is 0. The molecule has 1 rings (SSSR count). The molecule has 0 aromatic heterocycles. The van der Waals surface area contributed by atoms with E-state index in [0.717, 1.165) is 0 Å². The van der Waals surface area contributed by atoms with Gasteiger partial charge < -0.3 is 0 Å². The molecule has 0 radical (unpaired) electrons. The molecule has 1 aliphatic rings. The molecule has 1 atom stereocenters. The van der Waals surface area contributed by atoms with Crippen LogP contribution < -0.4 is 0 Å². The molecule has 2 heteroatoms. The van der Waals surface area contributed by atoms with Crippen LogP contribution >= 0.6 is 12.0 Å². The molecule has 0 amide bonds. The monoisotopic (exact) mass is 104 g/mol.